The van der Waals surface area contributed by atoms with Gasteiger partial charge in [0, 0.05) is 34.4 Å². The van der Waals surface area contributed by atoms with E-state index < -0.39 is 28.4 Å². The number of halogens is 5. The normalized spacial score (nSPS) is 21.2. The second-order valence-electron chi connectivity index (χ2n) is 6.79. The van der Waals surface area contributed by atoms with Crippen molar-refractivity contribution in [2.45, 2.75) is 63.5 Å². The van der Waals surface area contributed by atoms with E-state index >= 15 is 0 Å². The van der Waals surface area contributed by atoms with Crippen LogP contribution < -0.4 is 10.6 Å². The Hall–Kier alpha value is -0.910. The molecule has 0 bridgehead atoms. The zero-order chi connectivity index (χ0) is 20.7. The van der Waals surface area contributed by atoms with Gasteiger partial charge in [-0.15, -0.1) is 24.0 Å². The molecule has 4 nitrogen and oxygen atoms in total. The van der Waals surface area contributed by atoms with Crippen molar-refractivity contribution < 1.29 is 21.8 Å². The van der Waals surface area contributed by atoms with Crippen LogP contribution in [0.25, 0.3) is 0 Å². The minimum Gasteiger partial charge on any atom is -0.357 e. The van der Waals surface area contributed by atoms with Gasteiger partial charge in [-0.1, -0.05) is 19.4 Å². The lowest BCUT2D eigenvalue weighted by atomic mass is 9.95. The zero-order valence-electron chi connectivity index (χ0n) is 16.5. The van der Waals surface area contributed by atoms with Crippen LogP contribution >= 0.6 is 24.0 Å². The fourth-order valence-electron chi connectivity index (χ4n) is 3.38. The summed E-state index contributed by atoms with van der Waals surface area (Å²) in [5.74, 6) is 0.103. The molecule has 1 aromatic rings. The average molecular weight is 549 g/mol. The van der Waals surface area contributed by atoms with Crippen LogP contribution in [0.4, 0.5) is 17.6 Å². The molecule has 2 rings (SSSR count). The lowest BCUT2D eigenvalue weighted by Crippen LogP contribution is -2.46. The predicted molar refractivity (Wildman–Crippen MR) is 119 cm³/mol. The number of hydrogen-bond donors (Lipinski definition) is 2. The first-order valence-corrected chi connectivity index (χ1v) is 10.9. The van der Waals surface area contributed by atoms with Crippen molar-refractivity contribution in [3.8, 4) is 0 Å². The number of alkyl halides is 3. The summed E-state index contributed by atoms with van der Waals surface area (Å²) in [5, 5.41) is 6.42. The molecule has 2 N–H and O–H groups in total. The van der Waals surface area contributed by atoms with E-state index in [9.17, 15) is 21.8 Å². The molecule has 3 unspecified atom stereocenters. The summed E-state index contributed by atoms with van der Waals surface area (Å²) in [6, 6.07) is 2.69. The Morgan fingerprint density at radius 2 is 2.00 bits per heavy atom. The van der Waals surface area contributed by atoms with E-state index in [2.05, 4.69) is 15.6 Å². The van der Waals surface area contributed by atoms with Gasteiger partial charge >= 0.3 is 6.18 Å². The summed E-state index contributed by atoms with van der Waals surface area (Å²) in [6.45, 7) is 4.10. The van der Waals surface area contributed by atoms with E-state index in [0.29, 0.717) is 24.3 Å². The van der Waals surface area contributed by atoms with Crippen molar-refractivity contribution in [2.75, 3.05) is 12.3 Å². The van der Waals surface area contributed by atoms with Crippen LogP contribution in [0, 0.1) is 5.82 Å². The van der Waals surface area contributed by atoms with Crippen molar-refractivity contribution in [3.05, 3.63) is 35.1 Å². The first-order chi connectivity index (χ1) is 13.2. The van der Waals surface area contributed by atoms with E-state index in [1.807, 2.05) is 13.8 Å². The van der Waals surface area contributed by atoms with Crippen molar-refractivity contribution in [1.82, 2.24) is 10.6 Å². The number of aliphatic imine (C=N–C) groups is 1. The zero-order valence-corrected chi connectivity index (χ0v) is 19.7. The van der Waals surface area contributed by atoms with Gasteiger partial charge in [0.1, 0.15) is 5.82 Å². The summed E-state index contributed by atoms with van der Waals surface area (Å²) in [4.78, 5) is 4.27. The summed E-state index contributed by atoms with van der Waals surface area (Å²) in [6.07, 6.45) is -1.12. The molecule has 0 amide bonds. The first-order valence-electron chi connectivity index (χ1n) is 9.52. The molecule has 0 aliphatic heterocycles. The highest BCUT2D eigenvalue weighted by molar-refractivity contribution is 14.0. The van der Waals surface area contributed by atoms with Crippen molar-refractivity contribution in [1.29, 1.82) is 0 Å². The topological polar surface area (TPSA) is 53.5 Å². The Morgan fingerprint density at radius 3 is 2.62 bits per heavy atom. The van der Waals surface area contributed by atoms with E-state index in [1.54, 1.807) is 0 Å². The second kappa shape index (κ2) is 12.1. The molecule has 1 saturated carbocycles. The maximum Gasteiger partial charge on any atom is 0.416 e. The van der Waals surface area contributed by atoms with Gasteiger partial charge in [0.05, 0.1) is 12.1 Å². The lowest BCUT2D eigenvalue weighted by Gasteiger charge is -2.30. The third-order valence-electron chi connectivity index (χ3n) is 4.75. The van der Waals surface area contributed by atoms with Crippen LogP contribution in [0.1, 0.15) is 50.7 Å². The highest BCUT2D eigenvalue weighted by Gasteiger charge is 2.33. The second-order valence-corrected chi connectivity index (χ2v) is 8.80. The Labute approximate surface area is 188 Å². The molecule has 0 spiro atoms. The quantitative estimate of drug-likeness (QED) is 0.236. The summed E-state index contributed by atoms with van der Waals surface area (Å²) < 4.78 is 64.8. The fraction of sp³-hybridized carbons (Fsp3) is 0.632. The summed E-state index contributed by atoms with van der Waals surface area (Å²) >= 11 is 0. The van der Waals surface area contributed by atoms with Crippen molar-refractivity contribution in [2.24, 2.45) is 4.99 Å². The molecule has 3 atom stereocenters. The van der Waals surface area contributed by atoms with Gasteiger partial charge in [0.2, 0.25) is 0 Å². The molecule has 1 aliphatic carbocycles. The molecule has 0 aromatic heterocycles. The number of nitrogens with one attached hydrogen (secondary N) is 2. The van der Waals surface area contributed by atoms with Gasteiger partial charge in [0.25, 0.3) is 0 Å². The van der Waals surface area contributed by atoms with Crippen LogP contribution in [-0.4, -0.2) is 33.8 Å². The first kappa shape index (κ1) is 26.1. The molecule has 1 fully saturated rings. The Balaban J connectivity index is 0.00000420. The molecular formula is C19H28F4IN3OS. The minimum atomic E-state index is -4.64. The fourth-order valence-corrected chi connectivity index (χ4v) is 4.73. The average Bonchev–Trinajstić information content (AvgIpc) is 2.65. The van der Waals surface area contributed by atoms with Gasteiger partial charge < -0.3 is 10.6 Å². The number of nitrogens with zero attached hydrogens (tertiary/aromatic N) is 1. The van der Waals surface area contributed by atoms with Gasteiger partial charge in [-0.25, -0.2) is 9.38 Å². The minimum absolute atomic E-state index is 0. The van der Waals surface area contributed by atoms with Gasteiger partial charge in [0.15, 0.2) is 5.96 Å². The van der Waals surface area contributed by atoms with Crippen molar-refractivity contribution in [3.63, 3.8) is 0 Å². The van der Waals surface area contributed by atoms with Crippen LogP contribution in [0.2, 0.25) is 0 Å². The number of guanidine groups is 1. The number of benzene rings is 1. The molecule has 0 saturated heterocycles. The Bertz CT molecular complexity index is 715. The molecule has 10 heteroatoms. The monoisotopic (exact) mass is 549 g/mol. The van der Waals surface area contributed by atoms with Crippen LogP contribution in [-0.2, 0) is 23.5 Å². The van der Waals surface area contributed by atoms with Crippen LogP contribution in [0.15, 0.2) is 23.2 Å². The maximum atomic E-state index is 13.3. The van der Waals surface area contributed by atoms with E-state index in [0.717, 1.165) is 37.8 Å². The molecule has 1 aromatic carbocycles. The van der Waals surface area contributed by atoms with E-state index in [1.165, 1.54) is 0 Å². The number of hydrogen-bond acceptors (Lipinski definition) is 2. The van der Waals surface area contributed by atoms with E-state index in [-0.39, 0.29) is 47.4 Å². The predicted octanol–water partition coefficient (Wildman–Crippen LogP) is 4.60. The van der Waals surface area contributed by atoms with Gasteiger partial charge in [-0.05, 0) is 43.9 Å². The molecule has 0 heterocycles. The lowest BCUT2D eigenvalue weighted by molar-refractivity contribution is -0.138. The van der Waals surface area contributed by atoms with Crippen molar-refractivity contribution >= 4 is 40.7 Å². The summed E-state index contributed by atoms with van der Waals surface area (Å²) in [7, 11) is -0.862. The largest absolute Gasteiger partial charge is 0.416 e. The molecule has 0 radical (unpaired) electrons. The Kier molecular flexibility index (Phi) is 10.9. The Morgan fingerprint density at radius 1 is 1.28 bits per heavy atom. The van der Waals surface area contributed by atoms with Gasteiger partial charge in [-0.2, -0.15) is 13.2 Å². The SMILES string of the molecule is CCNC(=NCc1ccc(F)cc1C(F)(F)F)NC1CCCC(S(=O)CC)C1.I. The van der Waals surface area contributed by atoms with Gasteiger partial charge in [-0.3, -0.25) is 4.21 Å². The third-order valence-corrected chi connectivity index (χ3v) is 6.49. The molecule has 29 heavy (non-hydrogen) atoms. The van der Waals surface area contributed by atoms with Crippen LogP contribution in [0.3, 0.4) is 0 Å². The van der Waals surface area contributed by atoms with E-state index in [4.69, 9.17) is 0 Å². The molecule has 166 valence electrons. The van der Waals surface area contributed by atoms with Crippen LogP contribution in [0.5, 0.6) is 0 Å². The highest BCUT2D eigenvalue weighted by atomic mass is 127. The standard InChI is InChI=1S/C19H27F4N3OS.HI/c1-3-24-18(26-15-6-5-7-16(11-15)28(27)4-2)25-12-13-8-9-14(20)10-17(13)19(21,22)23;/h8-10,15-16H,3-7,11-12H2,1-2H3,(H2,24,25,26);1H. The molecular weight excluding hydrogens is 521 g/mol. The number of rotatable bonds is 6. The smallest absolute Gasteiger partial charge is 0.357 e. The third kappa shape index (κ3) is 8.03. The maximum absolute atomic E-state index is 13.3. The molecule has 1 aliphatic rings. The summed E-state index contributed by atoms with van der Waals surface area (Å²) in [5.41, 5.74) is -1.09. The highest BCUT2D eigenvalue weighted by Crippen LogP contribution is 2.33.